The number of piperazine rings is 1. The minimum absolute atomic E-state index is 0.114. The van der Waals surface area contributed by atoms with Crippen LogP contribution in [0.2, 0.25) is 0 Å². The molecule has 4 rings (SSSR count). The third kappa shape index (κ3) is 3.74. The van der Waals surface area contributed by atoms with Gasteiger partial charge in [0.1, 0.15) is 11.3 Å². The highest BCUT2D eigenvalue weighted by Crippen LogP contribution is 2.28. The molecule has 2 saturated heterocycles. The second-order valence-corrected chi connectivity index (χ2v) is 9.77. The molecule has 7 nitrogen and oxygen atoms in total. The standard InChI is InChI=1S/C19H24N2O5S/c1-13-17(22)3-2-16-14(10-18(23)26-19(13)16)11-20-5-7-21(8-6-20)15-4-9-27(24,25)12-15/h2-3,10,15,22H,4-9,11-12H2,1H3/t15-/m0/s1. The number of sulfone groups is 1. The van der Waals surface area contributed by atoms with Crippen LogP contribution < -0.4 is 5.63 Å². The molecule has 0 amide bonds. The van der Waals surface area contributed by atoms with E-state index in [-0.39, 0.29) is 17.5 Å². The lowest BCUT2D eigenvalue weighted by molar-refractivity contribution is 0.100. The summed E-state index contributed by atoms with van der Waals surface area (Å²) < 4.78 is 28.7. The molecule has 0 saturated carbocycles. The number of hydrogen-bond donors (Lipinski definition) is 1. The Morgan fingerprint density at radius 1 is 1.22 bits per heavy atom. The number of aromatic hydroxyl groups is 1. The van der Waals surface area contributed by atoms with Gasteiger partial charge in [0, 0.05) is 55.8 Å². The van der Waals surface area contributed by atoms with E-state index in [1.165, 1.54) is 6.07 Å². The highest BCUT2D eigenvalue weighted by Gasteiger charge is 2.33. The predicted molar refractivity (Wildman–Crippen MR) is 103 cm³/mol. The van der Waals surface area contributed by atoms with Crippen molar-refractivity contribution in [3.63, 3.8) is 0 Å². The molecule has 0 aliphatic carbocycles. The Balaban J connectivity index is 1.48. The van der Waals surface area contributed by atoms with E-state index in [0.717, 1.165) is 43.5 Å². The molecule has 1 atom stereocenters. The molecule has 27 heavy (non-hydrogen) atoms. The first-order valence-electron chi connectivity index (χ1n) is 9.24. The van der Waals surface area contributed by atoms with E-state index in [2.05, 4.69) is 9.80 Å². The second kappa shape index (κ2) is 6.92. The SMILES string of the molecule is Cc1c(O)ccc2c(CN3CCN([C@H]4CCS(=O)(=O)C4)CC3)cc(=O)oc12. The third-order valence-corrected chi connectivity index (χ3v) is 7.49. The first-order chi connectivity index (χ1) is 12.8. The van der Waals surface area contributed by atoms with Crippen molar-refractivity contribution in [2.75, 3.05) is 37.7 Å². The molecule has 2 aromatic rings. The number of rotatable bonds is 3. The smallest absolute Gasteiger partial charge is 0.336 e. The first kappa shape index (κ1) is 18.5. The fourth-order valence-electron chi connectivity index (χ4n) is 4.14. The molecule has 2 aliphatic rings. The minimum Gasteiger partial charge on any atom is -0.508 e. The van der Waals surface area contributed by atoms with Crippen molar-refractivity contribution < 1.29 is 17.9 Å². The fourth-order valence-corrected chi connectivity index (χ4v) is 5.90. The normalized spacial score (nSPS) is 23.8. The van der Waals surface area contributed by atoms with Crippen molar-refractivity contribution >= 4 is 20.8 Å². The van der Waals surface area contributed by atoms with Crippen molar-refractivity contribution in [1.82, 2.24) is 9.80 Å². The van der Waals surface area contributed by atoms with Crippen LogP contribution in [0.5, 0.6) is 5.75 Å². The van der Waals surface area contributed by atoms with Gasteiger partial charge in [0.25, 0.3) is 0 Å². The maximum atomic E-state index is 12.0. The number of phenols is 1. The van der Waals surface area contributed by atoms with Crippen molar-refractivity contribution in [2.45, 2.75) is 25.9 Å². The topological polar surface area (TPSA) is 91.1 Å². The van der Waals surface area contributed by atoms with E-state index >= 15 is 0 Å². The molecular weight excluding hydrogens is 368 g/mol. The van der Waals surface area contributed by atoms with Gasteiger partial charge in [-0.2, -0.15) is 0 Å². The predicted octanol–water partition coefficient (Wildman–Crippen LogP) is 1.11. The average molecular weight is 392 g/mol. The van der Waals surface area contributed by atoms with E-state index in [1.807, 2.05) is 0 Å². The summed E-state index contributed by atoms with van der Waals surface area (Å²) in [5, 5.41) is 10.7. The molecule has 0 spiro atoms. The molecule has 1 aromatic heterocycles. The number of nitrogens with zero attached hydrogens (tertiary/aromatic N) is 2. The Bertz CT molecular complexity index is 1020. The zero-order valence-corrected chi connectivity index (χ0v) is 16.2. The van der Waals surface area contributed by atoms with Crippen LogP contribution in [0.15, 0.2) is 27.4 Å². The van der Waals surface area contributed by atoms with Gasteiger partial charge < -0.3 is 9.52 Å². The van der Waals surface area contributed by atoms with Crippen LogP contribution in [0.1, 0.15) is 17.5 Å². The lowest BCUT2D eigenvalue weighted by Gasteiger charge is -2.37. The number of aryl methyl sites for hydroxylation is 1. The molecule has 0 bridgehead atoms. The Kier molecular flexibility index (Phi) is 4.73. The average Bonchev–Trinajstić information content (AvgIpc) is 2.99. The second-order valence-electron chi connectivity index (χ2n) is 7.55. The summed E-state index contributed by atoms with van der Waals surface area (Å²) in [4.78, 5) is 16.5. The monoisotopic (exact) mass is 392 g/mol. The summed E-state index contributed by atoms with van der Waals surface area (Å²) in [6.45, 7) is 5.69. The van der Waals surface area contributed by atoms with Crippen molar-refractivity contribution in [3.8, 4) is 5.75 Å². The van der Waals surface area contributed by atoms with E-state index in [1.54, 1.807) is 19.1 Å². The van der Waals surface area contributed by atoms with Gasteiger partial charge in [-0.1, -0.05) is 0 Å². The van der Waals surface area contributed by atoms with E-state index in [4.69, 9.17) is 4.42 Å². The Hall–Kier alpha value is -1.90. The molecule has 1 N–H and O–H groups in total. The largest absolute Gasteiger partial charge is 0.508 e. The van der Waals surface area contributed by atoms with E-state index in [9.17, 15) is 18.3 Å². The zero-order chi connectivity index (χ0) is 19.2. The first-order valence-corrected chi connectivity index (χ1v) is 11.1. The molecule has 1 aromatic carbocycles. The van der Waals surface area contributed by atoms with Crippen LogP contribution in [-0.2, 0) is 16.4 Å². The Morgan fingerprint density at radius 2 is 1.96 bits per heavy atom. The summed E-state index contributed by atoms with van der Waals surface area (Å²) in [6, 6.07) is 5.08. The molecular formula is C19H24N2O5S. The minimum atomic E-state index is -2.86. The molecule has 2 fully saturated rings. The summed E-state index contributed by atoms with van der Waals surface area (Å²) in [6.07, 6.45) is 0.732. The van der Waals surface area contributed by atoms with Crippen molar-refractivity contribution in [3.05, 3.63) is 39.7 Å². The summed E-state index contributed by atoms with van der Waals surface area (Å²) in [5.41, 5.74) is 1.48. The quantitative estimate of drug-likeness (QED) is 0.783. The zero-order valence-electron chi connectivity index (χ0n) is 15.3. The van der Waals surface area contributed by atoms with Crippen LogP contribution in [0.4, 0.5) is 0 Å². The fraction of sp³-hybridized carbons (Fsp3) is 0.526. The number of phenolic OH excluding ortho intramolecular Hbond substituents is 1. The summed E-state index contributed by atoms with van der Waals surface area (Å²) in [5.74, 6) is 0.693. The highest BCUT2D eigenvalue weighted by atomic mass is 32.2. The van der Waals surface area contributed by atoms with Gasteiger partial charge >= 0.3 is 5.63 Å². The van der Waals surface area contributed by atoms with Crippen LogP contribution in [0.25, 0.3) is 11.0 Å². The molecule has 3 heterocycles. The third-order valence-electron chi connectivity index (χ3n) is 5.74. The van der Waals surface area contributed by atoms with Gasteiger partial charge in [0.2, 0.25) is 0 Å². The highest BCUT2D eigenvalue weighted by molar-refractivity contribution is 7.91. The van der Waals surface area contributed by atoms with Gasteiger partial charge in [-0.25, -0.2) is 13.2 Å². The Labute approximate surface area is 158 Å². The van der Waals surface area contributed by atoms with Crippen LogP contribution in [0.3, 0.4) is 0 Å². The number of hydrogen-bond acceptors (Lipinski definition) is 7. The maximum absolute atomic E-state index is 12.0. The summed E-state index contributed by atoms with van der Waals surface area (Å²) in [7, 11) is -2.86. The lowest BCUT2D eigenvalue weighted by atomic mass is 10.1. The lowest BCUT2D eigenvalue weighted by Crippen LogP contribution is -2.50. The van der Waals surface area contributed by atoms with Gasteiger partial charge in [-0.3, -0.25) is 9.80 Å². The van der Waals surface area contributed by atoms with Crippen LogP contribution in [-0.4, -0.2) is 67.1 Å². The molecule has 146 valence electrons. The maximum Gasteiger partial charge on any atom is 0.336 e. The molecule has 8 heteroatoms. The van der Waals surface area contributed by atoms with E-state index < -0.39 is 15.5 Å². The van der Waals surface area contributed by atoms with Crippen molar-refractivity contribution in [1.29, 1.82) is 0 Å². The number of benzene rings is 1. The van der Waals surface area contributed by atoms with Crippen LogP contribution in [0, 0.1) is 6.92 Å². The summed E-state index contributed by atoms with van der Waals surface area (Å²) >= 11 is 0. The molecule has 0 unspecified atom stereocenters. The van der Waals surface area contributed by atoms with Gasteiger partial charge in [-0.05, 0) is 31.0 Å². The molecule has 0 radical (unpaired) electrons. The van der Waals surface area contributed by atoms with E-state index in [0.29, 0.717) is 23.4 Å². The Morgan fingerprint density at radius 3 is 2.63 bits per heavy atom. The van der Waals surface area contributed by atoms with Crippen molar-refractivity contribution in [2.24, 2.45) is 0 Å². The molecule has 2 aliphatic heterocycles. The van der Waals surface area contributed by atoms with Crippen LogP contribution >= 0.6 is 0 Å². The van der Waals surface area contributed by atoms with Gasteiger partial charge in [-0.15, -0.1) is 0 Å². The number of fused-ring (bicyclic) bond motifs is 1. The van der Waals surface area contributed by atoms with Gasteiger partial charge in [0.05, 0.1) is 11.5 Å². The van der Waals surface area contributed by atoms with Gasteiger partial charge in [0.15, 0.2) is 9.84 Å².